The van der Waals surface area contributed by atoms with E-state index in [1.807, 2.05) is 12.1 Å². The second kappa shape index (κ2) is 7.85. The number of benzene rings is 1. The summed E-state index contributed by atoms with van der Waals surface area (Å²) in [5, 5.41) is 10.8. The summed E-state index contributed by atoms with van der Waals surface area (Å²) in [7, 11) is -3.66. The van der Waals surface area contributed by atoms with Gasteiger partial charge in [-0.25, -0.2) is 8.42 Å². The molecule has 1 amide bonds. The fourth-order valence-electron chi connectivity index (χ4n) is 3.02. The Labute approximate surface area is 156 Å². The third kappa shape index (κ3) is 4.32. The van der Waals surface area contributed by atoms with E-state index in [1.54, 1.807) is 12.4 Å². The molecule has 27 heavy (non-hydrogen) atoms. The number of nitrogens with one attached hydrogen (secondary N) is 1. The second-order valence-electron chi connectivity index (χ2n) is 6.24. The number of carboxylic acids is 1. The Kier molecular flexibility index (Phi) is 5.52. The average Bonchev–Trinajstić information content (AvgIpc) is 3.18. The molecule has 0 bridgehead atoms. The molecular formula is C18H19N3O5S. The third-order valence-corrected chi connectivity index (χ3v) is 6.34. The van der Waals surface area contributed by atoms with Crippen molar-refractivity contribution < 1.29 is 23.1 Å². The SMILES string of the molecule is O=C(O)CNC(=O)c1ccc(S(=O)(=O)N2CCC(c3cccnc3)C2)cc1. The zero-order chi connectivity index (χ0) is 19.4. The van der Waals surface area contributed by atoms with Crippen molar-refractivity contribution >= 4 is 21.9 Å². The van der Waals surface area contributed by atoms with Crippen molar-refractivity contribution in [3.8, 4) is 0 Å². The van der Waals surface area contributed by atoms with Gasteiger partial charge in [0.1, 0.15) is 6.54 Å². The van der Waals surface area contributed by atoms with Gasteiger partial charge in [-0.15, -0.1) is 0 Å². The molecule has 2 heterocycles. The molecule has 0 saturated carbocycles. The van der Waals surface area contributed by atoms with Crippen molar-refractivity contribution in [1.82, 2.24) is 14.6 Å². The molecule has 8 nitrogen and oxygen atoms in total. The van der Waals surface area contributed by atoms with Crippen molar-refractivity contribution in [1.29, 1.82) is 0 Å². The standard InChI is InChI=1S/C18H19N3O5S/c22-17(23)11-20-18(24)13-3-5-16(6-4-13)27(25,26)21-9-7-15(12-21)14-2-1-8-19-10-14/h1-6,8,10,15H,7,9,11-12H2,(H,20,24)(H,22,23). The molecule has 1 saturated heterocycles. The summed E-state index contributed by atoms with van der Waals surface area (Å²) < 4.78 is 27.1. The molecule has 3 rings (SSSR count). The maximum absolute atomic E-state index is 12.8. The molecular weight excluding hydrogens is 370 g/mol. The summed E-state index contributed by atoms with van der Waals surface area (Å²) >= 11 is 0. The van der Waals surface area contributed by atoms with Crippen molar-refractivity contribution in [2.45, 2.75) is 17.2 Å². The fourth-order valence-corrected chi connectivity index (χ4v) is 4.52. The van der Waals surface area contributed by atoms with Crippen LogP contribution in [0, 0.1) is 0 Å². The molecule has 1 aromatic heterocycles. The van der Waals surface area contributed by atoms with E-state index >= 15 is 0 Å². The lowest BCUT2D eigenvalue weighted by Crippen LogP contribution is -2.30. The minimum Gasteiger partial charge on any atom is -0.480 e. The van der Waals surface area contributed by atoms with Gasteiger partial charge in [0.2, 0.25) is 10.0 Å². The maximum atomic E-state index is 12.8. The van der Waals surface area contributed by atoms with E-state index in [4.69, 9.17) is 5.11 Å². The summed E-state index contributed by atoms with van der Waals surface area (Å²) in [6.07, 6.45) is 4.16. The summed E-state index contributed by atoms with van der Waals surface area (Å²) in [5.41, 5.74) is 1.21. The number of hydrogen-bond donors (Lipinski definition) is 2. The number of carbonyl (C=O) groups is 2. The van der Waals surface area contributed by atoms with E-state index in [0.29, 0.717) is 13.1 Å². The molecule has 2 N–H and O–H groups in total. The average molecular weight is 389 g/mol. The van der Waals surface area contributed by atoms with Crippen LogP contribution in [0.5, 0.6) is 0 Å². The van der Waals surface area contributed by atoms with E-state index in [0.717, 1.165) is 12.0 Å². The van der Waals surface area contributed by atoms with E-state index < -0.39 is 28.4 Å². The summed E-state index contributed by atoms with van der Waals surface area (Å²) in [6.45, 7) is 0.306. The largest absolute Gasteiger partial charge is 0.480 e. The Morgan fingerprint density at radius 1 is 1.22 bits per heavy atom. The monoisotopic (exact) mass is 389 g/mol. The number of sulfonamides is 1. The number of rotatable bonds is 6. The van der Waals surface area contributed by atoms with Crippen LogP contribution in [0.3, 0.4) is 0 Å². The zero-order valence-electron chi connectivity index (χ0n) is 14.4. The first kappa shape index (κ1) is 19.0. The third-order valence-electron chi connectivity index (χ3n) is 4.46. The maximum Gasteiger partial charge on any atom is 0.322 e. The Hall–Kier alpha value is -2.78. The first-order valence-corrected chi connectivity index (χ1v) is 9.82. The number of hydrogen-bond acceptors (Lipinski definition) is 5. The van der Waals surface area contributed by atoms with E-state index in [9.17, 15) is 18.0 Å². The Bertz CT molecular complexity index is 929. The van der Waals surface area contributed by atoms with Crippen LogP contribution in [0.25, 0.3) is 0 Å². The fraction of sp³-hybridized carbons (Fsp3) is 0.278. The van der Waals surface area contributed by atoms with Gasteiger partial charge >= 0.3 is 5.97 Å². The van der Waals surface area contributed by atoms with Crippen LogP contribution < -0.4 is 5.32 Å². The van der Waals surface area contributed by atoms with Crippen molar-refractivity contribution in [2.75, 3.05) is 19.6 Å². The highest BCUT2D eigenvalue weighted by Crippen LogP contribution is 2.30. The number of nitrogens with zero attached hydrogens (tertiary/aromatic N) is 2. The number of pyridine rings is 1. The van der Waals surface area contributed by atoms with Crippen molar-refractivity contribution in [3.63, 3.8) is 0 Å². The highest BCUT2D eigenvalue weighted by molar-refractivity contribution is 7.89. The molecule has 0 radical (unpaired) electrons. The Morgan fingerprint density at radius 3 is 2.59 bits per heavy atom. The molecule has 1 aromatic carbocycles. The number of amides is 1. The molecule has 1 atom stereocenters. The summed E-state index contributed by atoms with van der Waals surface area (Å²) in [5.74, 6) is -1.62. The lowest BCUT2D eigenvalue weighted by molar-refractivity contribution is -0.135. The van der Waals surface area contributed by atoms with Crippen LogP contribution in [0.4, 0.5) is 0 Å². The Balaban J connectivity index is 1.70. The van der Waals surface area contributed by atoms with Gasteiger partial charge in [-0.3, -0.25) is 14.6 Å². The quantitative estimate of drug-likeness (QED) is 0.763. The van der Waals surface area contributed by atoms with Crippen molar-refractivity contribution in [3.05, 3.63) is 59.9 Å². The van der Waals surface area contributed by atoms with Crippen LogP contribution in [0.15, 0.2) is 53.7 Å². The zero-order valence-corrected chi connectivity index (χ0v) is 15.2. The first-order chi connectivity index (χ1) is 12.9. The molecule has 1 aliphatic rings. The minimum absolute atomic E-state index is 0.101. The molecule has 1 unspecified atom stereocenters. The number of aromatic nitrogens is 1. The predicted molar refractivity (Wildman–Crippen MR) is 96.8 cm³/mol. The number of carbonyl (C=O) groups excluding carboxylic acids is 1. The summed E-state index contributed by atoms with van der Waals surface area (Å²) in [6, 6.07) is 9.25. The highest BCUT2D eigenvalue weighted by Gasteiger charge is 2.33. The molecule has 142 valence electrons. The Morgan fingerprint density at radius 2 is 1.96 bits per heavy atom. The smallest absolute Gasteiger partial charge is 0.322 e. The molecule has 0 spiro atoms. The van der Waals surface area contributed by atoms with Crippen LogP contribution in [-0.4, -0.2) is 54.3 Å². The van der Waals surface area contributed by atoms with Crippen LogP contribution in [0.2, 0.25) is 0 Å². The predicted octanol–water partition coefficient (Wildman–Crippen LogP) is 1.07. The van der Waals surface area contributed by atoms with Gasteiger partial charge in [0.15, 0.2) is 0 Å². The molecule has 0 aliphatic carbocycles. The number of carboxylic acid groups (broad SMARTS) is 1. The van der Waals surface area contributed by atoms with Crippen LogP contribution in [-0.2, 0) is 14.8 Å². The van der Waals surface area contributed by atoms with Crippen LogP contribution >= 0.6 is 0 Å². The van der Waals surface area contributed by atoms with Gasteiger partial charge in [-0.05, 0) is 42.3 Å². The van der Waals surface area contributed by atoms with Gasteiger partial charge in [0.25, 0.3) is 5.91 Å². The lowest BCUT2D eigenvalue weighted by atomic mass is 10.0. The molecule has 2 aromatic rings. The molecule has 1 aliphatic heterocycles. The van der Waals surface area contributed by atoms with Gasteiger partial charge < -0.3 is 10.4 Å². The second-order valence-corrected chi connectivity index (χ2v) is 8.17. The van der Waals surface area contributed by atoms with Gasteiger partial charge in [-0.2, -0.15) is 4.31 Å². The topological polar surface area (TPSA) is 117 Å². The normalized spacial score (nSPS) is 17.6. The first-order valence-electron chi connectivity index (χ1n) is 8.38. The molecule has 1 fully saturated rings. The van der Waals surface area contributed by atoms with E-state index in [1.165, 1.54) is 28.6 Å². The van der Waals surface area contributed by atoms with Crippen LogP contribution in [0.1, 0.15) is 28.3 Å². The summed E-state index contributed by atoms with van der Waals surface area (Å²) in [4.78, 5) is 26.5. The van der Waals surface area contributed by atoms with Gasteiger partial charge in [0.05, 0.1) is 4.90 Å². The highest BCUT2D eigenvalue weighted by atomic mass is 32.2. The lowest BCUT2D eigenvalue weighted by Gasteiger charge is -2.17. The minimum atomic E-state index is -3.66. The van der Waals surface area contributed by atoms with Gasteiger partial charge in [0, 0.05) is 37.0 Å². The van der Waals surface area contributed by atoms with E-state index in [2.05, 4.69) is 10.3 Å². The molecule has 9 heteroatoms. The van der Waals surface area contributed by atoms with Crippen molar-refractivity contribution in [2.24, 2.45) is 0 Å². The number of aliphatic carboxylic acids is 1. The van der Waals surface area contributed by atoms with Gasteiger partial charge in [-0.1, -0.05) is 6.07 Å². The van der Waals surface area contributed by atoms with E-state index in [-0.39, 0.29) is 16.4 Å².